The summed E-state index contributed by atoms with van der Waals surface area (Å²) in [5.74, 6) is -0.835. The summed E-state index contributed by atoms with van der Waals surface area (Å²) in [6.45, 7) is 3.90. The molecule has 1 aliphatic rings. The van der Waals surface area contributed by atoms with Gasteiger partial charge in [-0.1, -0.05) is 63.1 Å². The number of anilines is 1. The molecular weight excluding hydrogens is 725 g/mol. The van der Waals surface area contributed by atoms with Gasteiger partial charge in [-0.15, -0.1) is 0 Å². The second kappa shape index (κ2) is 19.4. The normalized spacial score (nSPS) is 14.1. The molecular formula is C34H31N4Na3O8S2. The third-order valence-corrected chi connectivity index (χ3v) is 9.35. The maximum absolute atomic E-state index is 13.8. The number of benzene rings is 3. The number of nitrogens with zero attached hydrogens (tertiary/aromatic N) is 4. The van der Waals surface area contributed by atoms with E-state index in [1.165, 1.54) is 28.9 Å². The largest absolute Gasteiger partial charge is 1.00 e. The van der Waals surface area contributed by atoms with Gasteiger partial charge < -0.3 is 14.2 Å². The number of carbonyl (C=O) groups is 1. The fraction of sp³-hybridized carbons (Fsp3) is 0.206. The van der Waals surface area contributed by atoms with Gasteiger partial charge in [-0.25, -0.2) is 21.5 Å². The zero-order chi connectivity index (χ0) is 34.6. The molecule has 2 heterocycles. The summed E-state index contributed by atoms with van der Waals surface area (Å²) >= 11 is 0. The molecule has 0 saturated heterocycles. The average Bonchev–Trinajstić information content (AvgIpc) is 3.53. The van der Waals surface area contributed by atoms with E-state index in [4.69, 9.17) is 0 Å². The first-order valence-electron chi connectivity index (χ1n) is 15.1. The first-order valence-corrected chi connectivity index (χ1v) is 17.9. The Labute approximate surface area is 364 Å². The standard InChI is InChI=1S/C34H34N4O8S2.3Na/c1-3-8-31-29(33(39)37(35-31)25-13-17-27(18-14-25)47(41,42)43)21-12-24(23-10-6-5-7-11-23)22-30-32(9-4-2)36-38(34(30)40)26-15-19-28(20-16-26)48(44,45)46;;;/h5-7,10-21,40H,3-4,8-9,22H2,1-2H3,(H,41,42,43)(H,44,45,46);;;/q;3*+1/p-3. The topological polar surface area (TPSA) is 188 Å². The molecule has 0 fully saturated rings. The van der Waals surface area contributed by atoms with Crippen LogP contribution in [0.3, 0.4) is 0 Å². The summed E-state index contributed by atoms with van der Waals surface area (Å²) in [6.07, 6.45) is 5.98. The van der Waals surface area contributed by atoms with Crippen LogP contribution in [0.4, 0.5) is 5.69 Å². The van der Waals surface area contributed by atoms with Gasteiger partial charge in [-0.05, 0) is 90.0 Å². The molecule has 0 saturated carbocycles. The van der Waals surface area contributed by atoms with Crippen LogP contribution in [0.25, 0.3) is 11.3 Å². The number of carbonyl (C=O) groups excluding carboxylic acids is 1. The first-order chi connectivity index (χ1) is 22.8. The van der Waals surface area contributed by atoms with E-state index in [0.29, 0.717) is 59.6 Å². The second-order valence-electron chi connectivity index (χ2n) is 11.0. The van der Waals surface area contributed by atoms with Gasteiger partial charge >= 0.3 is 88.7 Å². The third kappa shape index (κ3) is 10.8. The van der Waals surface area contributed by atoms with Crippen LogP contribution in [0.15, 0.2) is 111 Å². The van der Waals surface area contributed by atoms with Gasteiger partial charge in [0.1, 0.15) is 20.2 Å². The van der Waals surface area contributed by atoms with Gasteiger partial charge in [0.2, 0.25) is 0 Å². The van der Waals surface area contributed by atoms with E-state index in [1.54, 1.807) is 12.2 Å². The molecule has 0 unspecified atom stereocenters. The molecule has 0 radical (unpaired) electrons. The molecule has 5 rings (SSSR count). The number of hydrogen-bond acceptors (Lipinski definition) is 10. The monoisotopic (exact) mass is 756 g/mol. The van der Waals surface area contributed by atoms with Crippen LogP contribution in [0.2, 0.25) is 0 Å². The zero-order valence-electron chi connectivity index (χ0n) is 29.1. The van der Waals surface area contributed by atoms with E-state index in [1.807, 2.05) is 44.2 Å². The smallest absolute Gasteiger partial charge is 0.858 e. The van der Waals surface area contributed by atoms with Gasteiger partial charge in [-0.2, -0.15) is 15.2 Å². The van der Waals surface area contributed by atoms with E-state index >= 15 is 0 Å². The molecule has 0 spiro atoms. The SMILES string of the molecule is CCCC1=NN(c2ccc(S(=O)(=O)[O-])cc2)C(=O)C1=CC=C(Cc1c(CCC)nn(-c2ccc(S(=O)(=O)[O-])cc2)c1[O-])c1ccccc1.[Na+].[Na+].[Na+]. The summed E-state index contributed by atoms with van der Waals surface area (Å²) in [6, 6.07) is 19.3. The van der Waals surface area contributed by atoms with Crippen LogP contribution in [-0.4, -0.2) is 47.3 Å². The van der Waals surface area contributed by atoms with Gasteiger partial charge in [0.05, 0.1) is 38.1 Å². The van der Waals surface area contributed by atoms with Crippen molar-refractivity contribution in [1.82, 2.24) is 9.78 Å². The molecule has 250 valence electrons. The van der Waals surface area contributed by atoms with Crippen molar-refractivity contribution in [3.8, 4) is 11.6 Å². The Morgan fingerprint density at radius 1 is 0.765 bits per heavy atom. The van der Waals surface area contributed by atoms with Crippen LogP contribution in [0, 0.1) is 0 Å². The van der Waals surface area contributed by atoms with Crippen LogP contribution >= 0.6 is 0 Å². The first kappa shape index (κ1) is 45.3. The van der Waals surface area contributed by atoms with Crippen molar-refractivity contribution < 1.29 is 125 Å². The summed E-state index contributed by atoms with van der Waals surface area (Å²) in [5, 5.41) is 24.0. The van der Waals surface area contributed by atoms with Gasteiger partial charge in [0, 0.05) is 6.42 Å². The molecule has 12 nitrogen and oxygen atoms in total. The minimum Gasteiger partial charge on any atom is -0.858 e. The number of hydrazone groups is 1. The minimum atomic E-state index is -4.66. The van der Waals surface area contributed by atoms with Crippen molar-refractivity contribution in [3.63, 3.8) is 0 Å². The molecule has 51 heavy (non-hydrogen) atoms. The van der Waals surface area contributed by atoms with Crippen LogP contribution < -0.4 is 98.8 Å². The molecule has 1 aliphatic heterocycles. The Bertz CT molecular complexity index is 2150. The molecule has 0 aliphatic carbocycles. The molecule has 3 aromatic carbocycles. The molecule has 0 atom stereocenters. The van der Waals surface area contributed by atoms with Gasteiger partial charge in [0.15, 0.2) is 0 Å². The van der Waals surface area contributed by atoms with E-state index in [2.05, 4.69) is 10.2 Å². The molecule has 1 aromatic heterocycles. The van der Waals surface area contributed by atoms with Crippen LogP contribution in [0.1, 0.15) is 49.9 Å². The van der Waals surface area contributed by atoms with E-state index < -0.39 is 41.8 Å². The predicted octanol–water partition coefficient (Wildman–Crippen LogP) is -4.53. The van der Waals surface area contributed by atoms with Crippen molar-refractivity contribution >= 4 is 43.1 Å². The van der Waals surface area contributed by atoms with Crippen molar-refractivity contribution in [2.75, 3.05) is 5.01 Å². The second-order valence-corrected chi connectivity index (χ2v) is 13.8. The fourth-order valence-corrected chi connectivity index (χ4v) is 6.22. The summed E-state index contributed by atoms with van der Waals surface area (Å²) in [7, 11) is -9.32. The Morgan fingerprint density at radius 3 is 1.80 bits per heavy atom. The number of amides is 1. The number of allylic oxidation sites excluding steroid dienone is 3. The summed E-state index contributed by atoms with van der Waals surface area (Å²) < 4.78 is 69.5. The van der Waals surface area contributed by atoms with E-state index in [0.717, 1.165) is 40.4 Å². The maximum atomic E-state index is 13.8. The Balaban J connectivity index is 0.00000300. The molecule has 17 heteroatoms. The number of aromatic nitrogens is 2. The van der Waals surface area contributed by atoms with Crippen molar-refractivity contribution in [2.45, 2.75) is 55.7 Å². The Kier molecular flexibility index (Phi) is 17.3. The average molecular weight is 757 g/mol. The van der Waals surface area contributed by atoms with Crippen molar-refractivity contribution in [2.24, 2.45) is 5.10 Å². The number of aryl methyl sites for hydroxylation is 1. The van der Waals surface area contributed by atoms with Gasteiger partial charge in [0.25, 0.3) is 5.91 Å². The molecule has 0 bridgehead atoms. The number of hydrogen-bond donors (Lipinski definition) is 0. The summed E-state index contributed by atoms with van der Waals surface area (Å²) in [4.78, 5) is 12.8. The third-order valence-electron chi connectivity index (χ3n) is 7.65. The number of rotatable bonds is 12. The van der Waals surface area contributed by atoms with Crippen molar-refractivity contribution in [3.05, 3.63) is 113 Å². The predicted molar refractivity (Wildman–Crippen MR) is 175 cm³/mol. The Morgan fingerprint density at radius 2 is 1.29 bits per heavy atom. The Hall–Kier alpha value is -1.89. The van der Waals surface area contributed by atoms with Gasteiger partial charge in [-0.3, -0.25) is 4.79 Å². The maximum Gasteiger partial charge on any atom is 1.00 e. The van der Waals surface area contributed by atoms with E-state index in [9.17, 15) is 35.8 Å². The molecule has 0 N–H and O–H groups in total. The summed E-state index contributed by atoms with van der Waals surface area (Å²) in [5.41, 5.74) is 3.98. The minimum absolute atomic E-state index is 0. The zero-order valence-corrected chi connectivity index (χ0v) is 36.7. The molecule has 1 amide bonds. The van der Waals surface area contributed by atoms with Crippen molar-refractivity contribution in [1.29, 1.82) is 0 Å². The van der Waals surface area contributed by atoms with Crippen LogP contribution in [-0.2, 0) is 37.9 Å². The van der Waals surface area contributed by atoms with Crippen LogP contribution in [0.5, 0.6) is 5.88 Å². The quantitative estimate of drug-likeness (QED) is 0.0780. The molecule has 4 aromatic rings. The fourth-order valence-electron chi connectivity index (χ4n) is 5.28. The van der Waals surface area contributed by atoms with E-state index in [-0.39, 0.29) is 95.1 Å².